The van der Waals surface area contributed by atoms with Crippen LogP contribution in [-0.4, -0.2) is 46.3 Å². The highest BCUT2D eigenvalue weighted by atomic mass is 32.2. The second-order valence-corrected chi connectivity index (χ2v) is 11.7. The number of amides is 1. The van der Waals surface area contributed by atoms with E-state index in [0.717, 1.165) is 28.7 Å². The fourth-order valence-corrected chi connectivity index (χ4v) is 5.80. The van der Waals surface area contributed by atoms with Gasteiger partial charge in [-0.15, -0.1) is 11.3 Å². The monoisotopic (exact) mass is 478 g/mol. The molecular weight excluding hydrogens is 460 g/mol. The van der Waals surface area contributed by atoms with E-state index in [1.807, 2.05) is 12.1 Å². The van der Waals surface area contributed by atoms with E-state index in [-0.39, 0.29) is 11.6 Å². The lowest BCUT2D eigenvalue weighted by Gasteiger charge is -2.12. The van der Waals surface area contributed by atoms with Gasteiger partial charge in [-0.3, -0.25) is 4.79 Å². The molecule has 3 N–H and O–H groups in total. The minimum Gasteiger partial charge on any atom is -0.354 e. The van der Waals surface area contributed by atoms with Crippen LogP contribution in [0.1, 0.15) is 15.8 Å². The maximum atomic E-state index is 12.5. The molecule has 1 heterocycles. The van der Waals surface area contributed by atoms with Gasteiger partial charge in [-0.05, 0) is 35.4 Å². The molecule has 1 aromatic heterocycles. The first-order valence-electron chi connectivity index (χ1n) is 8.86. The molecule has 1 unspecified atom stereocenters. The maximum absolute atomic E-state index is 12.5. The highest BCUT2D eigenvalue weighted by Gasteiger charge is 2.33. The molecule has 0 radical (unpaired) electrons. The van der Waals surface area contributed by atoms with Crippen molar-refractivity contribution in [3.05, 3.63) is 53.0 Å². The number of hydrogen-bond donors (Lipinski definition) is 2. The highest BCUT2D eigenvalue weighted by molar-refractivity contribution is 7.91. The minimum absolute atomic E-state index is 0.0857. The van der Waals surface area contributed by atoms with Gasteiger partial charge in [0.15, 0.2) is 15.1 Å². The number of nitriles is 1. The van der Waals surface area contributed by atoms with Gasteiger partial charge < -0.3 is 5.32 Å². The van der Waals surface area contributed by atoms with Crippen molar-refractivity contribution in [1.29, 1.82) is 5.26 Å². The van der Waals surface area contributed by atoms with E-state index in [0.29, 0.717) is 15.8 Å². The molecule has 31 heavy (non-hydrogen) atoms. The summed E-state index contributed by atoms with van der Waals surface area (Å²) in [5.41, 5.74) is 2.79. The number of thiazole rings is 1. The lowest BCUT2D eigenvalue weighted by Crippen LogP contribution is -2.37. The molecule has 3 rings (SSSR count). The third-order valence-electron chi connectivity index (χ3n) is 4.33. The molecule has 0 spiro atoms. The average Bonchev–Trinajstić information content (AvgIpc) is 3.08. The summed E-state index contributed by atoms with van der Waals surface area (Å²) in [7, 11) is -7.67. The Morgan fingerprint density at radius 3 is 2.39 bits per heavy atom. The van der Waals surface area contributed by atoms with Crippen LogP contribution in [-0.2, 0) is 24.7 Å². The van der Waals surface area contributed by atoms with Crippen LogP contribution >= 0.6 is 11.3 Å². The van der Waals surface area contributed by atoms with Gasteiger partial charge in [0.25, 0.3) is 0 Å². The van der Waals surface area contributed by atoms with Crippen LogP contribution in [0, 0.1) is 11.3 Å². The smallest absolute Gasteiger partial charge is 0.245 e. The van der Waals surface area contributed by atoms with Crippen molar-refractivity contribution in [1.82, 2.24) is 10.3 Å². The molecule has 162 valence electrons. The van der Waals surface area contributed by atoms with Crippen molar-refractivity contribution in [2.45, 2.75) is 5.25 Å². The number of aromatic nitrogens is 1. The zero-order valence-electron chi connectivity index (χ0n) is 16.3. The zero-order chi connectivity index (χ0) is 22.8. The van der Waals surface area contributed by atoms with Crippen LogP contribution in [0.2, 0.25) is 0 Å². The van der Waals surface area contributed by atoms with Gasteiger partial charge in [-0.25, -0.2) is 27.0 Å². The zero-order valence-corrected chi connectivity index (χ0v) is 18.7. The summed E-state index contributed by atoms with van der Waals surface area (Å²) in [6, 6.07) is 14.4. The number of sulfonamides is 1. The quantitative estimate of drug-likeness (QED) is 0.518. The van der Waals surface area contributed by atoms with Crippen molar-refractivity contribution >= 4 is 47.3 Å². The normalized spacial score (nSPS) is 12.9. The molecule has 1 amide bonds. The van der Waals surface area contributed by atoms with E-state index in [2.05, 4.69) is 16.4 Å². The second kappa shape index (κ2) is 8.72. The summed E-state index contributed by atoms with van der Waals surface area (Å²) < 4.78 is 47.3. The van der Waals surface area contributed by atoms with E-state index >= 15 is 0 Å². The van der Waals surface area contributed by atoms with E-state index in [9.17, 15) is 21.6 Å². The maximum Gasteiger partial charge on any atom is 0.245 e. The van der Waals surface area contributed by atoms with Gasteiger partial charge in [-0.2, -0.15) is 5.26 Å². The van der Waals surface area contributed by atoms with E-state index in [1.165, 1.54) is 0 Å². The number of carbonyl (C=O) groups is 1. The number of primary sulfonamides is 1. The predicted molar refractivity (Wildman–Crippen MR) is 118 cm³/mol. The molecule has 2 aromatic carbocycles. The minimum atomic E-state index is -3.88. The van der Waals surface area contributed by atoms with Gasteiger partial charge in [-0.1, -0.05) is 18.2 Å². The summed E-state index contributed by atoms with van der Waals surface area (Å²) in [6.07, 6.45) is 0.922. The van der Waals surface area contributed by atoms with Crippen molar-refractivity contribution in [2.24, 2.45) is 5.14 Å². The molecular formula is C19H18N4O5S3. The number of fused-ring (bicyclic) bond motifs is 1. The summed E-state index contributed by atoms with van der Waals surface area (Å²) in [5.74, 6) is -1.37. The molecule has 0 bridgehead atoms. The Kier molecular flexibility index (Phi) is 6.42. The number of nitrogens with one attached hydrogen (secondary N) is 1. The molecule has 0 saturated heterocycles. The number of carbonyl (C=O) groups excluding carboxylic acids is 1. The van der Waals surface area contributed by atoms with Crippen molar-refractivity contribution in [2.75, 3.05) is 18.6 Å². The average molecular weight is 479 g/mol. The van der Waals surface area contributed by atoms with Gasteiger partial charge in [0, 0.05) is 12.8 Å². The molecule has 9 nitrogen and oxygen atoms in total. The Hall–Kier alpha value is -2.85. The Balaban J connectivity index is 1.93. The number of rotatable bonds is 7. The van der Waals surface area contributed by atoms with Crippen LogP contribution in [0.15, 0.2) is 42.5 Å². The fraction of sp³-hybridized carbons (Fsp3) is 0.211. The first kappa shape index (κ1) is 22.8. The van der Waals surface area contributed by atoms with Gasteiger partial charge in [0.05, 0.1) is 27.6 Å². The fourth-order valence-electron chi connectivity index (χ4n) is 2.87. The van der Waals surface area contributed by atoms with E-state index in [1.54, 1.807) is 30.3 Å². The van der Waals surface area contributed by atoms with Crippen LogP contribution < -0.4 is 10.5 Å². The Labute approximate surface area is 183 Å². The van der Waals surface area contributed by atoms with Crippen LogP contribution in [0.3, 0.4) is 0 Å². The molecule has 0 aliphatic carbocycles. The lowest BCUT2D eigenvalue weighted by atomic mass is 10.0. The first-order valence-corrected chi connectivity index (χ1v) is 13.3. The summed E-state index contributed by atoms with van der Waals surface area (Å²) >= 11 is 1.07. The number of nitrogens with two attached hydrogens (primary N) is 1. The van der Waals surface area contributed by atoms with E-state index in [4.69, 9.17) is 10.4 Å². The molecule has 12 heteroatoms. The van der Waals surface area contributed by atoms with Crippen molar-refractivity contribution in [3.63, 3.8) is 0 Å². The van der Waals surface area contributed by atoms with Gasteiger partial charge in [0.1, 0.15) is 5.01 Å². The van der Waals surface area contributed by atoms with Gasteiger partial charge in [0.2, 0.25) is 15.9 Å². The molecule has 3 aromatic rings. The summed E-state index contributed by atoms with van der Waals surface area (Å²) in [5, 5.41) is 14.6. The predicted octanol–water partition coefficient (Wildman–Crippen LogP) is 1.33. The molecule has 0 saturated carbocycles. The molecule has 0 fully saturated rings. The first-order chi connectivity index (χ1) is 14.5. The third kappa shape index (κ3) is 5.65. The van der Waals surface area contributed by atoms with E-state index < -0.39 is 36.8 Å². The van der Waals surface area contributed by atoms with Crippen molar-refractivity contribution in [3.8, 4) is 17.2 Å². The third-order valence-corrected chi connectivity index (χ3v) is 7.63. The molecule has 0 aliphatic rings. The Morgan fingerprint density at radius 2 is 1.81 bits per heavy atom. The summed E-state index contributed by atoms with van der Waals surface area (Å²) in [6.45, 7) is -0.308. The number of hydrogen-bond acceptors (Lipinski definition) is 8. The van der Waals surface area contributed by atoms with Crippen LogP contribution in [0.25, 0.3) is 21.3 Å². The number of nitrogens with zero attached hydrogens (tertiary/aromatic N) is 2. The standard InChI is InChI=1S/C19H18N4O5S3/c1-30(25,26)17(18(24)22-8-9-31(21,27)28)19-23-15-7-6-14(10-16(15)29-19)13-4-2-12(11-20)3-5-13/h2-7,10,17H,8-9H2,1H3,(H,22,24)(H2,21,27,28). The largest absolute Gasteiger partial charge is 0.354 e. The Bertz CT molecular complexity index is 1390. The van der Waals surface area contributed by atoms with Gasteiger partial charge >= 0.3 is 0 Å². The number of benzene rings is 2. The highest BCUT2D eigenvalue weighted by Crippen LogP contribution is 2.33. The SMILES string of the molecule is CS(=O)(=O)C(C(=O)NCCS(N)(=O)=O)c1nc2ccc(-c3ccc(C#N)cc3)cc2s1. The lowest BCUT2D eigenvalue weighted by molar-refractivity contribution is -0.120. The molecule has 1 atom stereocenters. The topological polar surface area (TPSA) is 160 Å². The summed E-state index contributed by atoms with van der Waals surface area (Å²) in [4.78, 5) is 16.8. The molecule has 0 aliphatic heterocycles. The number of sulfone groups is 1. The van der Waals surface area contributed by atoms with Crippen LogP contribution in [0.5, 0.6) is 0 Å². The Morgan fingerprint density at radius 1 is 1.16 bits per heavy atom. The second-order valence-electron chi connectivity index (χ2n) is 6.79. The van der Waals surface area contributed by atoms with Crippen molar-refractivity contribution < 1.29 is 21.6 Å². The van der Waals surface area contributed by atoms with Crippen LogP contribution in [0.4, 0.5) is 0 Å².